The number of hydrogen-bond acceptors (Lipinski definition) is 8. The van der Waals surface area contributed by atoms with Crippen molar-refractivity contribution in [1.29, 1.82) is 0 Å². The zero-order valence-electron chi connectivity index (χ0n) is 24.0. The second kappa shape index (κ2) is 14.5. The minimum Gasteiger partial charge on any atom is -0.491 e. The van der Waals surface area contributed by atoms with Crippen LogP contribution in [0.5, 0.6) is 17.2 Å². The number of fused-ring (bicyclic) bond motifs is 5. The van der Waals surface area contributed by atoms with Gasteiger partial charge in [0.1, 0.15) is 30.4 Å². The second-order valence-electron chi connectivity index (χ2n) is 10.2. The fraction of sp³-hybridized carbons (Fsp3) is 0.400. The summed E-state index contributed by atoms with van der Waals surface area (Å²) in [7, 11) is 1.58. The summed E-state index contributed by atoms with van der Waals surface area (Å²) in [5.74, 6) is 1.03. The van der Waals surface area contributed by atoms with Crippen molar-refractivity contribution in [2.45, 2.75) is 31.7 Å². The Morgan fingerprint density at radius 1 is 1.07 bits per heavy atom. The predicted molar refractivity (Wildman–Crippen MR) is 155 cm³/mol. The first-order valence-electron chi connectivity index (χ1n) is 14.2. The number of ether oxygens (including phenoxy) is 4. The zero-order chi connectivity index (χ0) is 30.0. The van der Waals surface area contributed by atoms with Crippen LogP contribution in [0, 0.1) is 0 Å². The Labute approximate surface area is 249 Å². The molecular formula is C30H36N6O7. The quantitative estimate of drug-likeness (QED) is 0.368. The molecular weight excluding hydrogens is 556 g/mol. The average Bonchev–Trinajstić information content (AvgIpc) is 3.51. The number of carbonyl (C=O) groups is 3. The van der Waals surface area contributed by atoms with E-state index in [1.807, 2.05) is 24.3 Å². The number of nitrogens with one attached hydrogen (secondary N) is 3. The van der Waals surface area contributed by atoms with Gasteiger partial charge in [0.05, 0.1) is 25.4 Å². The number of rotatable bonds is 6. The Morgan fingerprint density at radius 2 is 1.95 bits per heavy atom. The van der Waals surface area contributed by atoms with Crippen molar-refractivity contribution in [3.05, 3.63) is 72.1 Å². The lowest BCUT2D eigenvalue weighted by atomic mass is 10.0. The van der Waals surface area contributed by atoms with Crippen LogP contribution in [-0.2, 0) is 27.4 Å². The first-order chi connectivity index (χ1) is 21.0. The van der Waals surface area contributed by atoms with E-state index < -0.39 is 6.10 Å². The van der Waals surface area contributed by atoms with E-state index in [9.17, 15) is 14.4 Å². The molecule has 43 heavy (non-hydrogen) atoms. The van der Waals surface area contributed by atoms with Gasteiger partial charge in [-0.05, 0) is 42.3 Å². The number of likely N-dealkylation sites (tertiary alicyclic amines) is 1. The molecule has 1 saturated heterocycles. The van der Waals surface area contributed by atoms with Crippen LogP contribution in [0.4, 0.5) is 4.79 Å². The summed E-state index contributed by atoms with van der Waals surface area (Å²) in [5.41, 5.74) is 1.19. The lowest BCUT2D eigenvalue weighted by molar-refractivity contribution is -0.137. The molecule has 13 heteroatoms. The first-order valence-corrected chi connectivity index (χ1v) is 14.2. The SMILES string of the molecule is COCCOc1cc2cc(c1)C(=O)NCCNC(=O)N[C@H]1CCN(C(=O)Cn3cccn3)C[C@@H]1OCc1cccc(c1)O2. The maximum Gasteiger partial charge on any atom is 0.315 e. The van der Waals surface area contributed by atoms with Crippen LogP contribution in [0.15, 0.2) is 60.9 Å². The Morgan fingerprint density at radius 3 is 2.79 bits per heavy atom. The highest BCUT2D eigenvalue weighted by Crippen LogP contribution is 2.29. The predicted octanol–water partition coefficient (Wildman–Crippen LogP) is 1.93. The number of aromatic nitrogens is 2. The molecule has 2 atom stereocenters. The minimum atomic E-state index is -0.451. The van der Waals surface area contributed by atoms with Crippen molar-refractivity contribution in [1.82, 2.24) is 30.6 Å². The number of carbonyl (C=O) groups excluding carboxylic acids is 3. The fourth-order valence-corrected chi connectivity index (χ4v) is 4.91. The van der Waals surface area contributed by atoms with Gasteiger partial charge in [-0.2, -0.15) is 5.10 Å². The van der Waals surface area contributed by atoms with Crippen molar-refractivity contribution in [2.24, 2.45) is 0 Å². The summed E-state index contributed by atoms with van der Waals surface area (Å²) >= 11 is 0. The molecule has 2 aliphatic rings. The molecule has 228 valence electrons. The van der Waals surface area contributed by atoms with Crippen LogP contribution in [0.1, 0.15) is 22.3 Å². The molecule has 3 heterocycles. The van der Waals surface area contributed by atoms with Gasteiger partial charge in [-0.1, -0.05) is 12.1 Å². The number of hydrogen-bond donors (Lipinski definition) is 3. The van der Waals surface area contributed by atoms with Crippen LogP contribution in [0.25, 0.3) is 0 Å². The second-order valence-corrected chi connectivity index (χ2v) is 10.2. The molecule has 0 aliphatic carbocycles. The summed E-state index contributed by atoms with van der Waals surface area (Å²) in [6.07, 6.45) is 3.44. The van der Waals surface area contributed by atoms with Gasteiger partial charge in [-0.3, -0.25) is 14.3 Å². The smallest absolute Gasteiger partial charge is 0.315 e. The van der Waals surface area contributed by atoms with E-state index in [0.29, 0.717) is 55.5 Å². The fourth-order valence-electron chi connectivity index (χ4n) is 4.91. The van der Waals surface area contributed by atoms with E-state index in [2.05, 4.69) is 21.0 Å². The maximum atomic E-state index is 13.0. The van der Waals surface area contributed by atoms with Crippen molar-refractivity contribution >= 4 is 17.8 Å². The minimum absolute atomic E-state index is 0.0754. The zero-order valence-corrected chi connectivity index (χ0v) is 24.0. The van der Waals surface area contributed by atoms with Crippen LogP contribution < -0.4 is 25.4 Å². The van der Waals surface area contributed by atoms with Gasteiger partial charge in [-0.25, -0.2) is 4.79 Å². The van der Waals surface area contributed by atoms with E-state index in [-0.39, 0.29) is 50.1 Å². The molecule has 0 spiro atoms. The summed E-state index contributed by atoms with van der Waals surface area (Å²) in [5, 5.41) is 12.7. The molecule has 4 amide bonds. The number of piperidine rings is 1. The Bertz CT molecular complexity index is 1400. The molecule has 1 fully saturated rings. The highest BCUT2D eigenvalue weighted by Gasteiger charge is 2.33. The van der Waals surface area contributed by atoms with Crippen molar-refractivity contribution in [3.8, 4) is 17.2 Å². The van der Waals surface area contributed by atoms with E-state index in [1.165, 1.54) is 0 Å². The molecule has 0 unspecified atom stereocenters. The molecule has 5 rings (SSSR count). The topological polar surface area (TPSA) is 145 Å². The average molecular weight is 593 g/mol. The van der Waals surface area contributed by atoms with Crippen molar-refractivity contribution < 1.29 is 33.3 Å². The van der Waals surface area contributed by atoms with Gasteiger partial charge in [0.25, 0.3) is 5.91 Å². The van der Waals surface area contributed by atoms with E-state index >= 15 is 0 Å². The molecule has 3 aromatic rings. The lowest BCUT2D eigenvalue weighted by Crippen LogP contribution is -2.58. The molecule has 3 N–H and O–H groups in total. The number of benzene rings is 2. The summed E-state index contributed by atoms with van der Waals surface area (Å²) in [6, 6.07) is 13.5. The summed E-state index contributed by atoms with van der Waals surface area (Å²) in [6.45, 7) is 2.26. The normalized spacial score (nSPS) is 19.4. The van der Waals surface area contributed by atoms with Gasteiger partial charge in [-0.15, -0.1) is 0 Å². The molecule has 0 radical (unpaired) electrons. The van der Waals surface area contributed by atoms with E-state index in [1.54, 1.807) is 53.4 Å². The summed E-state index contributed by atoms with van der Waals surface area (Å²) in [4.78, 5) is 40.4. The Balaban J connectivity index is 1.35. The van der Waals surface area contributed by atoms with E-state index in [4.69, 9.17) is 18.9 Å². The molecule has 2 aromatic carbocycles. The third kappa shape index (κ3) is 8.46. The van der Waals surface area contributed by atoms with Crippen LogP contribution >= 0.6 is 0 Å². The lowest BCUT2D eigenvalue weighted by Gasteiger charge is -2.38. The Hall–Kier alpha value is -4.62. The van der Waals surface area contributed by atoms with Gasteiger partial charge in [0.15, 0.2) is 0 Å². The van der Waals surface area contributed by atoms with Crippen LogP contribution in [0.2, 0.25) is 0 Å². The Kier molecular flexibility index (Phi) is 10.1. The first kappa shape index (κ1) is 29.9. The third-order valence-electron chi connectivity index (χ3n) is 7.08. The molecule has 0 saturated carbocycles. The third-order valence-corrected chi connectivity index (χ3v) is 7.08. The maximum absolute atomic E-state index is 13.0. The summed E-state index contributed by atoms with van der Waals surface area (Å²) < 4.78 is 24.9. The monoisotopic (exact) mass is 592 g/mol. The number of amides is 4. The van der Waals surface area contributed by atoms with Gasteiger partial charge in [0, 0.05) is 57.3 Å². The highest BCUT2D eigenvalue weighted by atomic mass is 16.5. The largest absolute Gasteiger partial charge is 0.491 e. The number of methoxy groups -OCH3 is 1. The van der Waals surface area contributed by atoms with Gasteiger partial charge in [0.2, 0.25) is 5.91 Å². The van der Waals surface area contributed by atoms with Gasteiger partial charge < -0.3 is 39.8 Å². The van der Waals surface area contributed by atoms with Gasteiger partial charge >= 0.3 is 6.03 Å². The molecule has 4 bridgehead atoms. The van der Waals surface area contributed by atoms with Crippen LogP contribution in [0.3, 0.4) is 0 Å². The highest BCUT2D eigenvalue weighted by molar-refractivity contribution is 5.95. The van der Waals surface area contributed by atoms with Crippen molar-refractivity contribution in [2.75, 3.05) is 46.5 Å². The molecule has 2 aliphatic heterocycles. The van der Waals surface area contributed by atoms with Crippen LogP contribution in [-0.4, -0.2) is 91.2 Å². The molecule has 1 aromatic heterocycles. The van der Waals surface area contributed by atoms with E-state index in [0.717, 1.165) is 5.56 Å². The molecule has 13 nitrogen and oxygen atoms in total. The standard InChI is InChI=1S/C30H36N6O7/c1-40-12-13-41-24-15-22-16-25(17-24)43-23-5-2-4-21(14-23)20-42-27-18-35(28(37)19-36-10-3-7-33-36)11-6-26(27)34-30(39)32-9-8-31-29(22)38/h2-5,7,10,14-17,26-27H,6,8-9,11-13,18-20H2,1H3,(H,31,38)(H2,32,34,39)/t26-,27-/m0/s1. The van der Waals surface area contributed by atoms with Crippen molar-refractivity contribution in [3.63, 3.8) is 0 Å². The number of urea groups is 1. The number of nitrogens with zero attached hydrogens (tertiary/aromatic N) is 3.